The van der Waals surface area contributed by atoms with E-state index < -0.39 is 23.6 Å². The number of hydrogen-bond donors (Lipinski definition) is 1. The lowest BCUT2D eigenvalue weighted by atomic mass is 10.1. The van der Waals surface area contributed by atoms with Crippen molar-refractivity contribution in [2.24, 2.45) is 0 Å². The monoisotopic (exact) mass is 195 g/mol. The van der Waals surface area contributed by atoms with Crippen LogP contribution in [0.2, 0.25) is 0 Å². The fraction of sp³-hybridized carbons (Fsp3) is 0.571. The van der Waals surface area contributed by atoms with E-state index in [-0.39, 0.29) is 5.69 Å². The van der Waals surface area contributed by atoms with Crippen LogP contribution in [0.5, 0.6) is 5.95 Å². The SMILES string of the molecule is CC(C)c1noc(O)c1C(F)(F)F. The van der Waals surface area contributed by atoms with Crippen molar-refractivity contribution >= 4 is 0 Å². The largest absolute Gasteiger partial charge is 0.479 e. The van der Waals surface area contributed by atoms with Crippen molar-refractivity contribution in [1.29, 1.82) is 0 Å². The normalized spacial score (nSPS) is 12.5. The summed E-state index contributed by atoms with van der Waals surface area (Å²) in [7, 11) is 0. The summed E-state index contributed by atoms with van der Waals surface area (Å²) in [6.07, 6.45) is -4.62. The maximum atomic E-state index is 12.2. The van der Waals surface area contributed by atoms with E-state index >= 15 is 0 Å². The van der Waals surface area contributed by atoms with Crippen LogP contribution < -0.4 is 0 Å². The van der Waals surface area contributed by atoms with Crippen molar-refractivity contribution in [3.63, 3.8) is 0 Å². The van der Waals surface area contributed by atoms with Crippen LogP contribution in [0.4, 0.5) is 13.2 Å². The van der Waals surface area contributed by atoms with Gasteiger partial charge in [-0.2, -0.15) is 13.2 Å². The number of halogens is 3. The molecule has 0 saturated heterocycles. The van der Waals surface area contributed by atoms with Crippen molar-refractivity contribution in [1.82, 2.24) is 5.16 Å². The van der Waals surface area contributed by atoms with Gasteiger partial charge in [-0.05, 0) is 5.92 Å². The number of nitrogens with zero attached hydrogens (tertiary/aromatic N) is 1. The highest BCUT2D eigenvalue weighted by atomic mass is 19.4. The van der Waals surface area contributed by atoms with Gasteiger partial charge in [-0.25, -0.2) is 0 Å². The number of aromatic hydroxyl groups is 1. The number of rotatable bonds is 1. The maximum Gasteiger partial charge on any atom is 0.425 e. The van der Waals surface area contributed by atoms with E-state index in [1.54, 1.807) is 0 Å². The van der Waals surface area contributed by atoms with Crippen LogP contribution in [-0.2, 0) is 6.18 Å². The number of aromatic nitrogens is 1. The third-order valence-electron chi connectivity index (χ3n) is 1.53. The summed E-state index contributed by atoms with van der Waals surface area (Å²) >= 11 is 0. The smallest absolute Gasteiger partial charge is 0.425 e. The van der Waals surface area contributed by atoms with E-state index in [0.29, 0.717) is 0 Å². The first kappa shape index (κ1) is 9.88. The van der Waals surface area contributed by atoms with Crippen LogP contribution >= 0.6 is 0 Å². The van der Waals surface area contributed by atoms with Crippen LogP contribution in [0.15, 0.2) is 4.52 Å². The lowest BCUT2D eigenvalue weighted by Crippen LogP contribution is -2.08. The molecule has 1 heterocycles. The molecule has 0 atom stereocenters. The van der Waals surface area contributed by atoms with Gasteiger partial charge in [0, 0.05) is 0 Å². The standard InChI is InChI=1S/C7H8F3NO2/c1-3(2)5-4(7(8,9)10)6(12)13-11-5/h3,12H,1-2H3. The van der Waals surface area contributed by atoms with Gasteiger partial charge in [-0.15, -0.1) is 0 Å². The van der Waals surface area contributed by atoms with Gasteiger partial charge in [0.05, 0.1) is 0 Å². The molecule has 6 heteroatoms. The Bertz CT molecular complexity index is 303. The second-order valence-corrected chi connectivity index (χ2v) is 2.90. The molecule has 74 valence electrons. The van der Waals surface area contributed by atoms with Gasteiger partial charge in [-0.3, -0.25) is 0 Å². The zero-order chi connectivity index (χ0) is 10.2. The summed E-state index contributed by atoms with van der Waals surface area (Å²) in [6.45, 7) is 3.07. The molecule has 0 fully saturated rings. The molecule has 0 radical (unpaired) electrons. The van der Waals surface area contributed by atoms with Gasteiger partial charge in [0.15, 0.2) is 5.56 Å². The Labute approximate surface area is 72.1 Å². The minimum absolute atomic E-state index is 0.273. The topological polar surface area (TPSA) is 46.3 Å². The molecule has 1 aromatic heterocycles. The molecule has 1 N–H and O–H groups in total. The molecule has 1 aromatic rings. The molecule has 13 heavy (non-hydrogen) atoms. The Kier molecular flexibility index (Phi) is 2.23. The number of alkyl halides is 3. The zero-order valence-corrected chi connectivity index (χ0v) is 7.01. The molecule has 0 aliphatic carbocycles. The quantitative estimate of drug-likeness (QED) is 0.748. The Morgan fingerprint density at radius 2 is 1.92 bits per heavy atom. The molecular formula is C7H8F3NO2. The predicted molar refractivity (Wildman–Crippen MR) is 37.3 cm³/mol. The molecule has 0 spiro atoms. The van der Waals surface area contributed by atoms with Crippen molar-refractivity contribution in [3.05, 3.63) is 11.3 Å². The highest BCUT2D eigenvalue weighted by Crippen LogP contribution is 2.40. The van der Waals surface area contributed by atoms with Crippen LogP contribution in [0, 0.1) is 0 Å². The van der Waals surface area contributed by atoms with Crippen molar-refractivity contribution in [3.8, 4) is 5.95 Å². The molecule has 0 unspecified atom stereocenters. The number of hydrogen-bond acceptors (Lipinski definition) is 3. The molecule has 0 saturated carbocycles. The third kappa shape index (κ3) is 1.76. The molecule has 0 aromatic carbocycles. The highest BCUT2D eigenvalue weighted by molar-refractivity contribution is 5.31. The van der Waals surface area contributed by atoms with Gasteiger partial charge in [0.2, 0.25) is 0 Å². The van der Waals surface area contributed by atoms with E-state index in [4.69, 9.17) is 5.11 Å². The lowest BCUT2D eigenvalue weighted by molar-refractivity contribution is -0.140. The van der Waals surface area contributed by atoms with E-state index in [0.717, 1.165) is 0 Å². The summed E-state index contributed by atoms with van der Waals surface area (Å²) in [5.74, 6) is -1.61. The van der Waals surface area contributed by atoms with Gasteiger partial charge in [0.1, 0.15) is 5.69 Å². The summed E-state index contributed by atoms with van der Waals surface area (Å²) in [4.78, 5) is 0. The lowest BCUT2D eigenvalue weighted by Gasteiger charge is -2.06. The van der Waals surface area contributed by atoms with Crippen molar-refractivity contribution in [2.75, 3.05) is 0 Å². The van der Waals surface area contributed by atoms with Crippen LogP contribution in [0.1, 0.15) is 31.0 Å². The van der Waals surface area contributed by atoms with Gasteiger partial charge in [0.25, 0.3) is 0 Å². The maximum absolute atomic E-state index is 12.2. The molecule has 3 nitrogen and oxygen atoms in total. The van der Waals surface area contributed by atoms with Crippen molar-refractivity contribution in [2.45, 2.75) is 25.9 Å². The minimum Gasteiger partial charge on any atom is -0.479 e. The van der Waals surface area contributed by atoms with Gasteiger partial charge < -0.3 is 9.63 Å². The molecule has 0 aliphatic heterocycles. The van der Waals surface area contributed by atoms with E-state index in [1.807, 2.05) is 0 Å². The van der Waals surface area contributed by atoms with Gasteiger partial charge in [-0.1, -0.05) is 19.0 Å². The molecule has 0 aliphatic rings. The van der Waals surface area contributed by atoms with E-state index in [2.05, 4.69) is 9.68 Å². The Balaban J connectivity index is 3.25. The fourth-order valence-corrected chi connectivity index (χ4v) is 0.954. The first-order valence-electron chi connectivity index (χ1n) is 3.59. The minimum atomic E-state index is -4.62. The molecule has 0 bridgehead atoms. The third-order valence-corrected chi connectivity index (χ3v) is 1.53. The molecule has 1 rings (SSSR count). The van der Waals surface area contributed by atoms with Crippen LogP contribution in [0.25, 0.3) is 0 Å². The summed E-state index contributed by atoms with van der Waals surface area (Å²) < 4.78 is 40.8. The second-order valence-electron chi connectivity index (χ2n) is 2.90. The Hall–Kier alpha value is -1.20. The first-order valence-corrected chi connectivity index (χ1v) is 3.59. The molecular weight excluding hydrogens is 187 g/mol. The average molecular weight is 195 g/mol. The Morgan fingerprint density at radius 3 is 2.23 bits per heavy atom. The van der Waals surface area contributed by atoms with E-state index in [1.165, 1.54) is 13.8 Å². The molecule has 0 amide bonds. The predicted octanol–water partition coefficient (Wildman–Crippen LogP) is 2.52. The zero-order valence-electron chi connectivity index (χ0n) is 7.01. The summed E-state index contributed by atoms with van der Waals surface area (Å²) in [5.41, 5.74) is -1.45. The second kappa shape index (κ2) is 2.93. The summed E-state index contributed by atoms with van der Waals surface area (Å²) in [6, 6.07) is 0. The summed E-state index contributed by atoms with van der Waals surface area (Å²) in [5, 5.41) is 11.9. The van der Waals surface area contributed by atoms with Crippen LogP contribution in [0.3, 0.4) is 0 Å². The van der Waals surface area contributed by atoms with Crippen LogP contribution in [-0.4, -0.2) is 10.3 Å². The Morgan fingerprint density at radius 1 is 1.38 bits per heavy atom. The van der Waals surface area contributed by atoms with Crippen molar-refractivity contribution < 1.29 is 22.8 Å². The first-order chi connectivity index (χ1) is 5.84. The van der Waals surface area contributed by atoms with Gasteiger partial charge >= 0.3 is 12.1 Å². The van der Waals surface area contributed by atoms with E-state index in [9.17, 15) is 13.2 Å². The highest BCUT2D eigenvalue weighted by Gasteiger charge is 2.41. The average Bonchev–Trinajstić information content (AvgIpc) is 2.28. The fourth-order valence-electron chi connectivity index (χ4n) is 0.954.